The van der Waals surface area contributed by atoms with E-state index in [2.05, 4.69) is 17.0 Å². The van der Waals surface area contributed by atoms with Gasteiger partial charge in [0.1, 0.15) is 12.0 Å². The third kappa shape index (κ3) is 16.8. The second-order valence-electron chi connectivity index (χ2n) is 6.51. The topological polar surface area (TPSA) is 95.8 Å². The Hall–Kier alpha value is -3.45. The van der Waals surface area contributed by atoms with Crippen LogP contribution >= 0.6 is 11.8 Å². The van der Waals surface area contributed by atoms with E-state index in [1.54, 1.807) is 37.3 Å². The summed E-state index contributed by atoms with van der Waals surface area (Å²) in [6.45, 7) is 15.0. The highest BCUT2D eigenvalue weighted by molar-refractivity contribution is 8.18. The van der Waals surface area contributed by atoms with Crippen molar-refractivity contribution in [3.05, 3.63) is 88.2 Å². The van der Waals surface area contributed by atoms with Gasteiger partial charge in [-0.1, -0.05) is 87.9 Å². The average Bonchev–Trinajstić information content (AvgIpc) is 3.19. The minimum atomic E-state index is -0.380. The van der Waals surface area contributed by atoms with Gasteiger partial charge in [-0.05, 0) is 57.3 Å². The highest BCUT2D eigenvalue weighted by Gasteiger charge is 2.24. The summed E-state index contributed by atoms with van der Waals surface area (Å²) < 4.78 is 0. The first-order chi connectivity index (χ1) is 16.8. The molecule has 0 atom stereocenters. The molecule has 1 aliphatic heterocycles. The second kappa shape index (κ2) is 22.3. The lowest BCUT2D eigenvalue weighted by atomic mass is 10.1. The first-order valence-corrected chi connectivity index (χ1v) is 12.2. The van der Waals surface area contributed by atoms with Gasteiger partial charge >= 0.3 is 0 Å². The molecule has 0 radical (unpaired) electrons. The minimum absolute atomic E-state index is 0.284. The summed E-state index contributed by atoms with van der Waals surface area (Å²) in [4.78, 5) is 36.6. The standard InChI is InChI=1S/C11H7NO3S.C8H12.C7H13NO.C2H6/c13-6-8-3-1-7(2-4-8)5-9-10(14)12-11(15)16-9;1-3-5-7-8-6-4-2;1-4-5-7(8-3)6(2)9;1-2/h1-6H,(H,12,14,15);3-8H,1-2H3;9H,3-5H2,1-2H3;1-2H3/b9-5-;5-3-,6-4+,8-7-;7-6-;. The molecule has 1 aromatic carbocycles. The Morgan fingerprint density at radius 2 is 1.54 bits per heavy atom. The third-order valence-corrected chi connectivity index (χ3v) is 4.64. The number of hydrogen-bond donors (Lipinski definition) is 2. The summed E-state index contributed by atoms with van der Waals surface area (Å²) in [7, 11) is 0. The van der Waals surface area contributed by atoms with Crippen molar-refractivity contribution in [2.24, 2.45) is 4.99 Å². The molecule has 0 saturated carbocycles. The molecule has 0 aromatic heterocycles. The largest absolute Gasteiger partial charge is 0.511 e. The Kier molecular flexibility index (Phi) is 21.5. The Balaban J connectivity index is 0. The minimum Gasteiger partial charge on any atom is -0.511 e. The van der Waals surface area contributed by atoms with Gasteiger partial charge < -0.3 is 5.11 Å². The molecule has 0 spiro atoms. The maximum atomic E-state index is 11.2. The van der Waals surface area contributed by atoms with Crippen molar-refractivity contribution in [3.8, 4) is 0 Å². The van der Waals surface area contributed by atoms with E-state index in [4.69, 9.17) is 5.11 Å². The Bertz CT molecular complexity index is 922. The summed E-state index contributed by atoms with van der Waals surface area (Å²) in [5, 5.41) is 10.7. The van der Waals surface area contributed by atoms with E-state index in [1.165, 1.54) is 0 Å². The molecule has 190 valence electrons. The van der Waals surface area contributed by atoms with Crippen molar-refractivity contribution < 1.29 is 19.5 Å². The fourth-order valence-electron chi connectivity index (χ4n) is 2.20. The number of rotatable bonds is 7. The van der Waals surface area contributed by atoms with E-state index < -0.39 is 0 Å². The van der Waals surface area contributed by atoms with Crippen molar-refractivity contribution >= 4 is 42.0 Å². The SMILES string of the molecule is C=N/C(CCC)=C(/C)O.CC.C\C=C/C=C\C=C\C.O=Cc1ccc(/C=C2\SC(=O)NC2=O)cc1. The predicted octanol–water partition coefficient (Wildman–Crippen LogP) is 7.82. The summed E-state index contributed by atoms with van der Waals surface area (Å²) in [5.74, 6) is -0.0960. The molecular weight excluding hydrogens is 460 g/mol. The van der Waals surface area contributed by atoms with Crippen LogP contribution in [0.15, 0.2) is 82.1 Å². The van der Waals surface area contributed by atoms with Crippen LogP contribution in [-0.2, 0) is 4.79 Å². The fourth-order valence-corrected chi connectivity index (χ4v) is 2.89. The number of amides is 2. The van der Waals surface area contributed by atoms with Gasteiger partial charge in [0.05, 0.1) is 10.6 Å². The number of imide groups is 1. The number of aliphatic imine (C=N–C) groups is 1. The van der Waals surface area contributed by atoms with Crippen LogP contribution in [-0.4, -0.2) is 29.3 Å². The fraction of sp³-hybridized carbons (Fsp3) is 0.286. The Morgan fingerprint density at radius 1 is 1.03 bits per heavy atom. The Labute approximate surface area is 214 Å². The molecule has 0 bridgehead atoms. The van der Waals surface area contributed by atoms with E-state index in [-0.39, 0.29) is 16.9 Å². The maximum Gasteiger partial charge on any atom is 0.290 e. The van der Waals surface area contributed by atoms with Gasteiger partial charge in [0.2, 0.25) is 0 Å². The number of carbonyl (C=O) groups is 3. The lowest BCUT2D eigenvalue weighted by molar-refractivity contribution is -0.115. The van der Waals surface area contributed by atoms with Crippen molar-refractivity contribution in [1.82, 2.24) is 5.32 Å². The average molecular weight is 499 g/mol. The molecule has 0 unspecified atom stereocenters. The summed E-state index contributed by atoms with van der Waals surface area (Å²) >= 11 is 0.870. The number of carbonyl (C=O) groups excluding carboxylic acids is 3. The molecule has 1 heterocycles. The van der Waals surface area contributed by atoms with Crippen molar-refractivity contribution in [3.63, 3.8) is 0 Å². The van der Waals surface area contributed by atoms with Gasteiger partial charge in [-0.2, -0.15) is 0 Å². The van der Waals surface area contributed by atoms with Crippen LogP contribution < -0.4 is 5.32 Å². The monoisotopic (exact) mass is 498 g/mol. The van der Waals surface area contributed by atoms with Crippen LogP contribution in [0.5, 0.6) is 0 Å². The number of nitrogens with zero attached hydrogens (tertiary/aromatic N) is 1. The van der Waals surface area contributed by atoms with Crippen LogP contribution in [0, 0.1) is 0 Å². The van der Waals surface area contributed by atoms with Crippen molar-refractivity contribution in [2.75, 3.05) is 0 Å². The highest BCUT2D eigenvalue weighted by atomic mass is 32.2. The zero-order valence-electron chi connectivity index (χ0n) is 21.6. The number of hydrogen-bond acceptors (Lipinski definition) is 6. The third-order valence-electron chi connectivity index (χ3n) is 3.83. The molecular formula is C28H38N2O4S. The van der Waals surface area contributed by atoms with Crippen LogP contribution in [0.1, 0.15) is 70.3 Å². The van der Waals surface area contributed by atoms with Crippen LogP contribution in [0.25, 0.3) is 6.08 Å². The number of aliphatic hydroxyl groups is 1. The van der Waals surface area contributed by atoms with Gasteiger partial charge in [0.25, 0.3) is 11.1 Å². The number of thioether (sulfide) groups is 1. The number of nitrogens with one attached hydrogen (secondary N) is 1. The van der Waals surface area contributed by atoms with E-state index >= 15 is 0 Å². The van der Waals surface area contributed by atoms with E-state index in [0.29, 0.717) is 16.2 Å². The summed E-state index contributed by atoms with van der Waals surface area (Å²) in [5.41, 5.74) is 2.05. The molecule has 2 amide bonds. The highest BCUT2D eigenvalue weighted by Crippen LogP contribution is 2.25. The molecule has 7 heteroatoms. The Morgan fingerprint density at radius 3 is 1.86 bits per heavy atom. The molecule has 1 aliphatic rings. The number of aldehydes is 1. The number of aliphatic hydroxyl groups excluding tert-OH is 1. The lowest BCUT2D eigenvalue weighted by Gasteiger charge is -1.97. The molecule has 1 fully saturated rings. The quantitative estimate of drug-likeness (QED) is 0.131. The summed E-state index contributed by atoms with van der Waals surface area (Å²) in [6.07, 6.45) is 16.2. The molecule has 0 aliphatic carbocycles. The second-order valence-corrected chi connectivity index (χ2v) is 7.53. The molecule has 2 rings (SSSR count). The molecule has 35 heavy (non-hydrogen) atoms. The van der Waals surface area contributed by atoms with Crippen LogP contribution in [0.2, 0.25) is 0 Å². The zero-order chi connectivity index (χ0) is 27.1. The van der Waals surface area contributed by atoms with Gasteiger partial charge in [-0.3, -0.25) is 24.7 Å². The smallest absolute Gasteiger partial charge is 0.290 e. The first-order valence-electron chi connectivity index (χ1n) is 11.4. The molecule has 1 saturated heterocycles. The molecule has 1 aromatic rings. The van der Waals surface area contributed by atoms with Crippen molar-refractivity contribution in [1.29, 1.82) is 0 Å². The predicted molar refractivity (Wildman–Crippen MR) is 151 cm³/mol. The van der Waals surface area contributed by atoms with Gasteiger partial charge in [-0.15, -0.1) is 0 Å². The molecule has 2 N–H and O–H groups in total. The van der Waals surface area contributed by atoms with Crippen LogP contribution in [0.4, 0.5) is 4.79 Å². The number of benzene rings is 1. The summed E-state index contributed by atoms with van der Waals surface area (Å²) in [6, 6.07) is 6.73. The van der Waals surface area contributed by atoms with Crippen LogP contribution in [0.3, 0.4) is 0 Å². The normalized spacial score (nSPS) is 14.4. The number of allylic oxidation sites excluding steroid dienone is 8. The van der Waals surface area contributed by atoms with Crippen molar-refractivity contribution in [2.45, 2.75) is 54.4 Å². The van der Waals surface area contributed by atoms with E-state index in [0.717, 1.165) is 36.5 Å². The maximum absolute atomic E-state index is 11.2. The zero-order valence-corrected chi connectivity index (χ0v) is 22.4. The van der Waals surface area contributed by atoms with Gasteiger partial charge in [-0.25, -0.2) is 0 Å². The van der Waals surface area contributed by atoms with E-state index in [1.807, 2.05) is 71.1 Å². The first kappa shape index (κ1) is 33.7. The molecule has 6 nitrogen and oxygen atoms in total. The van der Waals surface area contributed by atoms with E-state index in [9.17, 15) is 14.4 Å². The van der Waals surface area contributed by atoms with Gasteiger partial charge in [0, 0.05) is 5.56 Å². The lowest BCUT2D eigenvalue weighted by Crippen LogP contribution is -2.17. The van der Waals surface area contributed by atoms with Gasteiger partial charge in [0.15, 0.2) is 0 Å².